The zero-order valence-electron chi connectivity index (χ0n) is 12.2. The van der Waals surface area contributed by atoms with E-state index in [1.165, 1.54) is 11.3 Å². The lowest BCUT2D eigenvalue weighted by molar-refractivity contribution is 0.182. The van der Waals surface area contributed by atoms with Gasteiger partial charge in [0, 0.05) is 6.54 Å². The summed E-state index contributed by atoms with van der Waals surface area (Å²) in [6, 6.07) is 9.06. The fraction of sp³-hybridized carbons (Fsp3) is 0.333. The van der Waals surface area contributed by atoms with Crippen LogP contribution in [-0.2, 0) is 16.4 Å². The Morgan fingerprint density at radius 1 is 1.27 bits per heavy atom. The number of aliphatic hydroxyl groups excluding tert-OH is 1. The Morgan fingerprint density at radius 3 is 2.59 bits per heavy atom. The van der Waals surface area contributed by atoms with Gasteiger partial charge in [0.1, 0.15) is 5.75 Å². The number of thiophene rings is 1. The minimum absolute atomic E-state index is 0.0122. The topological polar surface area (TPSA) is 75.6 Å². The summed E-state index contributed by atoms with van der Waals surface area (Å²) in [7, 11) is -1.83. The zero-order chi connectivity index (χ0) is 16.0. The molecular formula is C15H19NO4S2. The molecule has 0 unspecified atom stereocenters. The molecule has 2 rings (SSSR count). The molecular weight excluding hydrogens is 322 g/mol. The Kier molecular flexibility index (Phi) is 5.96. The van der Waals surface area contributed by atoms with E-state index in [1.54, 1.807) is 30.7 Å². The first-order valence-corrected chi connectivity index (χ1v) is 9.40. The predicted octanol–water partition coefficient (Wildman–Crippen LogP) is 1.95. The monoisotopic (exact) mass is 341 g/mol. The number of aryl methyl sites for hydroxylation is 1. The molecule has 1 heterocycles. The first kappa shape index (κ1) is 17.0. The van der Waals surface area contributed by atoms with Gasteiger partial charge in [-0.3, -0.25) is 0 Å². The van der Waals surface area contributed by atoms with E-state index in [-0.39, 0.29) is 12.3 Å². The lowest BCUT2D eigenvalue weighted by Crippen LogP contribution is -2.31. The Labute approximate surface area is 134 Å². The Balaban J connectivity index is 1.82. The van der Waals surface area contributed by atoms with Crippen molar-refractivity contribution in [1.29, 1.82) is 0 Å². The quantitative estimate of drug-likeness (QED) is 0.769. The third-order valence-corrected chi connectivity index (χ3v) is 5.29. The molecule has 1 atom stereocenters. The normalized spacial score (nSPS) is 13.0. The van der Waals surface area contributed by atoms with Crippen molar-refractivity contribution < 1.29 is 18.3 Å². The van der Waals surface area contributed by atoms with E-state index in [9.17, 15) is 13.5 Å². The van der Waals surface area contributed by atoms with Gasteiger partial charge in [0.25, 0.3) is 0 Å². The molecule has 0 radical (unpaired) electrons. The highest BCUT2D eigenvalue weighted by atomic mass is 32.2. The molecule has 0 fully saturated rings. The number of rotatable bonds is 8. The minimum atomic E-state index is -3.42. The Hall–Kier alpha value is -1.41. The van der Waals surface area contributed by atoms with Crippen molar-refractivity contribution in [2.45, 2.75) is 12.5 Å². The van der Waals surface area contributed by atoms with E-state index >= 15 is 0 Å². The summed E-state index contributed by atoms with van der Waals surface area (Å²) in [5.41, 5.74) is 1.65. The standard InChI is InChI=1S/C15H19NO4S2/c1-20-14-4-2-12(3-5-14)7-9-22(18,19)16-10-15(17)13-6-8-21-11-13/h2-6,8,11,15-17H,7,9-10H2,1H3/t15-/m0/s1. The molecule has 2 aromatic rings. The van der Waals surface area contributed by atoms with Crippen LogP contribution in [0.1, 0.15) is 17.2 Å². The summed E-state index contributed by atoms with van der Waals surface area (Å²) in [6.07, 6.45) is -0.407. The maximum absolute atomic E-state index is 12.0. The molecule has 0 bridgehead atoms. The summed E-state index contributed by atoms with van der Waals surface area (Å²) in [5, 5.41) is 13.5. The number of sulfonamides is 1. The average Bonchev–Trinajstić information content (AvgIpc) is 3.06. The Bertz CT molecular complexity index is 666. The summed E-state index contributed by atoms with van der Waals surface area (Å²) in [4.78, 5) is 0. The van der Waals surface area contributed by atoms with Crippen LogP contribution in [0.2, 0.25) is 0 Å². The number of nitrogens with one attached hydrogen (secondary N) is 1. The van der Waals surface area contributed by atoms with Gasteiger partial charge < -0.3 is 9.84 Å². The molecule has 2 N–H and O–H groups in total. The molecule has 0 aliphatic carbocycles. The molecule has 22 heavy (non-hydrogen) atoms. The van der Waals surface area contributed by atoms with Crippen LogP contribution in [0.25, 0.3) is 0 Å². The van der Waals surface area contributed by atoms with Crippen LogP contribution in [0.15, 0.2) is 41.1 Å². The van der Waals surface area contributed by atoms with Gasteiger partial charge in [-0.2, -0.15) is 11.3 Å². The van der Waals surface area contributed by atoms with E-state index in [1.807, 2.05) is 17.5 Å². The molecule has 1 aromatic carbocycles. The van der Waals surface area contributed by atoms with Crippen LogP contribution in [0.4, 0.5) is 0 Å². The average molecular weight is 341 g/mol. The van der Waals surface area contributed by atoms with Crippen molar-refractivity contribution in [3.8, 4) is 5.75 Å². The Morgan fingerprint density at radius 2 is 2.00 bits per heavy atom. The lowest BCUT2D eigenvalue weighted by atomic mass is 10.2. The van der Waals surface area contributed by atoms with Crippen molar-refractivity contribution >= 4 is 21.4 Å². The maximum Gasteiger partial charge on any atom is 0.212 e. The van der Waals surface area contributed by atoms with Gasteiger partial charge in [-0.25, -0.2) is 13.1 Å². The summed E-state index contributed by atoms with van der Waals surface area (Å²) >= 11 is 1.46. The molecule has 0 aliphatic rings. The number of ether oxygens (including phenoxy) is 1. The van der Waals surface area contributed by atoms with Gasteiger partial charge in [0.15, 0.2) is 0 Å². The molecule has 5 nitrogen and oxygen atoms in total. The highest BCUT2D eigenvalue weighted by Gasteiger charge is 2.14. The molecule has 1 aromatic heterocycles. The fourth-order valence-electron chi connectivity index (χ4n) is 1.90. The minimum Gasteiger partial charge on any atom is -0.497 e. The van der Waals surface area contributed by atoms with Crippen molar-refractivity contribution in [1.82, 2.24) is 4.72 Å². The number of hydrogen-bond donors (Lipinski definition) is 2. The van der Waals surface area contributed by atoms with Gasteiger partial charge in [-0.15, -0.1) is 0 Å². The maximum atomic E-state index is 12.0. The number of hydrogen-bond acceptors (Lipinski definition) is 5. The van der Waals surface area contributed by atoms with E-state index in [0.29, 0.717) is 6.42 Å². The van der Waals surface area contributed by atoms with Crippen molar-refractivity contribution in [2.24, 2.45) is 0 Å². The van der Waals surface area contributed by atoms with Crippen LogP contribution in [0.5, 0.6) is 5.75 Å². The van der Waals surface area contributed by atoms with Gasteiger partial charge in [0.05, 0.1) is 19.0 Å². The molecule has 0 aliphatic heterocycles. The first-order valence-electron chi connectivity index (χ1n) is 6.80. The van der Waals surface area contributed by atoms with E-state index in [2.05, 4.69) is 4.72 Å². The number of aliphatic hydroxyl groups is 1. The van der Waals surface area contributed by atoms with Crippen LogP contribution < -0.4 is 9.46 Å². The van der Waals surface area contributed by atoms with Crippen LogP contribution in [0, 0.1) is 0 Å². The molecule has 0 saturated carbocycles. The summed E-state index contributed by atoms with van der Waals surface area (Å²) in [5.74, 6) is 0.721. The summed E-state index contributed by atoms with van der Waals surface area (Å²) in [6.45, 7) is -0.0122. The summed E-state index contributed by atoms with van der Waals surface area (Å²) < 4.78 is 31.4. The fourth-order valence-corrected chi connectivity index (χ4v) is 3.67. The third-order valence-electron chi connectivity index (χ3n) is 3.24. The highest BCUT2D eigenvalue weighted by molar-refractivity contribution is 7.89. The zero-order valence-corrected chi connectivity index (χ0v) is 13.9. The molecule has 120 valence electrons. The van der Waals surface area contributed by atoms with E-state index < -0.39 is 16.1 Å². The largest absolute Gasteiger partial charge is 0.497 e. The highest BCUT2D eigenvalue weighted by Crippen LogP contribution is 2.15. The number of methoxy groups -OCH3 is 1. The molecule has 7 heteroatoms. The van der Waals surface area contributed by atoms with Crippen molar-refractivity contribution in [2.75, 3.05) is 19.4 Å². The predicted molar refractivity (Wildman–Crippen MR) is 87.8 cm³/mol. The lowest BCUT2D eigenvalue weighted by Gasteiger charge is -2.11. The molecule has 0 spiro atoms. The van der Waals surface area contributed by atoms with E-state index in [4.69, 9.17) is 4.74 Å². The number of benzene rings is 1. The van der Waals surface area contributed by atoms with Gasteiger partial charge in [-0.05, 0) is 46.5 Å². The second-order valence-electron chi connectivity index (χ2n) is 4.84. The smallest absolute Gasteiger partial charge is 0.212 e. The molecule has 0 saturated heterocycles. The third kappa shape index (κ3) is 5.10. The van der Waals surface area contributed by atoms with Crippen LogP contribution in [0.3, 0.4) is 0 Å². The van der Waals surface area contributed by atoms with Crippen molar-refractivity contribution in [3.05, 3.63) is 52.2 Å². The van der Waals surface area contributed by atoms with Gasteiger partial charge in [-0.1, -0.05) is 12.1 Å². The van der Waals surface area contributed by atoms with Crippen LogP contribution in [-0.4, -0.2) is 32.9 Å². The van der Waals surface area contributed by atoms with Crippen molar-refractivity contribution in [3.63, 3.8) is 0 Å². The SMILES string of the molecule is COc1ccc(CCS(=O)(=O)NC[C@H](O)c2ccsc2)cc1. The van der Waals surface area contributed by atoms with Gasteiger partial charge >= 0.3 is 0 Å². The molecule has 0 amide bonds. The second kappa shape index (κ2) is 7.73. The second-order valence-corrected chi connectivity index (χ2v) is 7.54. The first-order chi connectivity index (χ1) is 10.5. The van der Waals surface area contributed by atoms with Crippen LogP contribution >= 0.6 is 11.3 Å². The van der Waals surface area contributed by atoms with Gasteiger partial charge in [0.2, 0.25) is 10.0 Å². The van der Waals surface area contributed by atoms with E-state index in [0.717, 1.165) is 16.9 Å².